The highest BCUT2D eigenvalue weighted by Crippen LogP contribution is 2.24. The van der Waals surface area contributed by atoms with Gasteiger partial charge in [0.15, 0.2) is 0 Å². The fourth-order valence-corrected chi connectivity index (χ4v) is 2.47. The molecule has 0 aromatic heterocycles. The molecule has 0 aliphatic carbocycles. The first-order valence-electron chi connectivity index (χ1n) is 8.63. The Morgan fingerprint density at radius 2 is 1.88 bits per heavy atom. The van der Waals surface area contributed by atoms with Gasteiger partial charge in [0, 0.05) is 30.8 Å². The number of carbonyl (C=O) groups is 1. The van der Waals surface area contributed by atoms with Gasteiger partial charge in [-0.1, -0.05) is 45.5 Å². The molecule has 0 aliphatic rings. The van der Waals surface area contributed by atoms with Crippen molar-refractivity contribution in [2.45, 2.75) is 33.2 Å². The van der Waals surface area contributed by atoms with Crippen LogP contribution in [-0.2, 0) is 6.54 Å². The minimum absolute atomic E-state index is 0.107. The molecule has 2 aromatic rings. The van der Waals surface area contributed by atoms with Gasteiger partial charge in [0.1, 0.15) is 6.29 Å². The minimum Gasteiger partial charge on any atom is -0.512 e. The molecule has 0 heterocycles. The van der Waals surface area contributed by atoms with E-state index in [-0.39, 0.29) is 11.7 Å². The van der Waals surface area contributed by atoms with E-state index >= 15 is 0 Å². The molecule has 0 spiro atoms. The lowest BCUT2D eigenvalue weighted by Crippen LogP contribution is -2.17. The summed E-state index contributed by atoms with van der Waals surface area (Å²) in [4.78, 5) is 13.3. The maximum absolute atomic E-state index is 11.2. The smallest absolute Gasteiger partial charge is 0.150 e. The number of anilines is 1. The van der Waals surface area contributed by atoms with Gasteiger partial charge in [-0.25, -0.2) is 0 Å². The lowest BCUT2D eigenvalue weighted by Gasteiger charge is -2.21. The van der Waals surface area contributed by atoms with Crippen molar-refractivity contribution in [3.05, 3.63) is 77.1 Å². The number of allylic oxidation sites excluding steroid dienone is 1. The quantitative estimate of drug-likeness (QED) is 0.574. The summed E-state index contributed by atoms with van der Waals surface area (Å²) in [7, 11) is 1.94. The predicted octanol–water partition coefficient (Wildman–Crippen LogP) is 5.21. The van der Waals surface area contributed by atoms with E-state index in [0.717, 1.165) is 23.1 Å². The van der Waals surface area contributed by atoms with Gasteiger partial charge in [0.25, 0.3) is 0 Å². The molecule has 0 radical (unpaired) electrons. The Labute approximate surface area is 156 Å². The number of carbonyl (C=O) groups excluding carboxylic acids is 1. The van der Waals surface area contributed by atoms with Crippen LogP contribution >= 0.6 is 0 Å². The van der Waals surface area contributed by atoms with Gasteiger partial charge in [-0.05, 0) is 35.4 Å². The summed E-state index contributed by atoms with van der Waals surface area (Å²) in [5.41, 5.74) is 3.86. The number of aliphatic hydroxyl groups is 1. The molecule has 2 aromatic carbocycles. The maximum atomic E-state index is 11.2. The number of hydrogen-bond donors (Lipinski definition) is 1. The summed E-state index contributed by atoms with van der Waals surface area (Å²) in [6.45, 7) is 10.0. The lowest BCUT2D eigenvalue weighted by molar-refractivity contribution is 0.112. The molecule has 136 valence electrons. The Kier molecular flexibility index (Phi) is 8.11. The molecular weight excluding hydrogens is 324 g/mol. The standard InChI is InChI=1S/C20H20N2O2.C2H6/c1-14(15(2)24)17-6-8-20(9-7-17)22(3)12-18-5-4-16(11-21)10-19(18)13-23;1-2/h4-10,13-14,24H,2,12H2,1,3H3;1-2H3. The summed E-state index contributed by atoms with van der Waals surface area (Å²) >= 11 is 0. The van der Waals surface area contributed by atoms with Gasteiger partial charge < -0.3 is 10.0 Å². The van der Waals surface area contributed by atoms with Crippen molar-refractivity contribution in [3.63, 3.8) is 0 Å². The number of rotatable bonds is 6. The second-order valence-corrected chi connectivity index (χ2v) is 5.80. The molecule has 0 bridgehead atoms. The van der Waals surface area contributed by atoms with E-state index in [1.165, 1.54) is 0 Å². The average molecular weight is 350 g/mol. The third-order valence-corrected chi connectivity index (χ3v) is 4.14. The molecule has 0 fully saturated rings. The van der Waals surface area contributed by atoms with Gasteiger partial charge in [0.2, 0.25) is 0 Å². The molecule has 0 amide bonds. The first kappa shape index (κ1) is 21.0. The monoisotopic (exact) mass is 350 g/mol. The third-order valence-electron chi connectivity index (χ3n) is 4.14. The number of nitrogens with zero attached hydrogens (tertiary/aromatic N) is 2. The first-order chi connectivity index (χ1) is 12.5. The largest absolute Gasteiger partial charge is 0.512 e. The third kappa shape index (κ3) is 5.22. The van der Waals surface area contributed by atoms with Crippen molar-refractivity contribution in [2.75, 3.05) is 11.9 Å². The van der Waals surface area contributed by atoms with Crippen LogP contribution in [0.2, 0.25) is 0 Å². The van der Waals surface area contributed by atoms with E-state index in [1.54, 1.807) is 12.1 Å². The first-order valence-corrected chi connectivity index (χ1v) is 8.63. The Bertz CT molecular complexity index is 789. The molecule has 4 heteroatoms. The average Bonchev–Trinajstić information content (AvgIpc) is 2.69. The van der Waals surface area contributed by atoms with Crippen molar-refractivity contribution in [2.24, 2.45) is 0 Å². The number of hydrogen-bond acceptors (Lipinski definition) is 4. The molecular formula is C22H26N2O2. The van der Waals surface area contributed by atoms with Crippen LogP contribution in [0.3, 0.4) is 0 Å². The summed E-state index contributed by atoms with van der Waals surface area (Å²) in [6.07, 6.45) is 0.779. The molecule has 0 aliphatic heterocycles. The van der Waals surface area contributed by atoms with E-state index in [0.29, 0.717) is 17.7 Å². The van der Waals surface area contributed by atoms with Crippen molar-refractivity contribution in [3.8, 4) is 6.07 Å². The van der Waals surface area contributed by atoms with Crippen molar-refractivity contribution in [1.29, 1.82) is 5.26 Å². The fourth-order valence-electron chi connectivity index (χ4n) is 2.47. The van der Waals surface area contributed by atoms with Gasteiger partial charge in [-0.3, -0.25) is 4.79 Å². The van der Waals surface area contributed by atoms with Crippen LogP contribution < -0.4 is 4.90 Å². The molecule has 1 N–H and O–H groups in total. The van der Waals surface area contributed by atoms with E-state index in [2.05, 4.69) is 6.58 Å². The van der Waals surface area contributed by atoms with Crippen molar-refractivity contribution >= 4 is 12.0 Å². The summed E-state index contributed by atoms with van der Waals surface area (Å²) in [5.74, 6) is 0.0360. The van der Waals surface area contributed by atoms with Crippen LogP contribution in [-0.4, -0.2) is 18.4 Å². The Morgan fingerprint density at radius 1 is 1.27 bits per heavy atom. The van der Waals surface area contributed by atoms with Crippen LogP contribution in [0.1, 0.15) is 53.7 Å². The summed E-state index contributed by atoms with van der Waals surface area (Å²) in [6, 6.07) is 15.0. The number of aliphatic hydroxyl groups excluding tert-OH is 1. The zero-order valence-corrected chi connectivity index (χ0v) is 15.9. The predicted molar refractivity (Wildman–Crippen MR) is 107 cm³/mol. The SMILES string of the molecule is C=C(O)C(C)c1ccc(N(C)Cc2ccc(C#N)cc2C=O)cc1.CC. The van der Waals surface area contributed by atoms with Gasteiger partial charge in [0.05, 0.1) is 17.4 Å². The number of aldehydes is 1. The maximum Gasteiger partial charge on any atom is 0.150 e. The van der Waals surface area contributed by atoms with Crippen molar-refractivity contribution in [1.82, 2.24) is 0 Å². The van der Waals surface area contributed by atoms with Crippen LogP contribution in [0, 0.1) is 11.3 Å². The van der Waals surface area contributed by atoms with Crippen LogP contribution in [0.25, 0.3) is 0 Å². The normalized spacial score (nSPS) is 10.7. The number of benzene rings is 2. The zero-order chi connectivity index (χ0) is 19.7. The van der Waals surface area contributed by atoms with Gasteiger partial charge in [-0.15, -0.1) is 0 Å². The van der Waals surface area contributed by atoms with Crippen LogP contribution in [0.5, 0.6) is 0 Å². The molecule has 2 rings (SSSR count). The van der Waals surface area contributed by atoms with Gasteiger partial charge >= 0.3 is 0 Å². The minimum atomic E-state index is -0.107. The second kappa shape index (κ2) is 10.0. The second-order valence-electron chi connectivity index (χ2n) is 5.80. The molecule has 1 atom stereocenters. The zero-order valence-electron chi connectivity index (χ0n) is 15.9. The molecule has 4 nitrogen and oxygen atoms in total. The van der Waals surface area contributed by atoms with Gasteiger partial charge in [-0.2, -0.15) is 5.26 Å². The van der Waals surface area contributed by atoms with E-state index in [9.17, 15) is 9.90 Å². The lowest BCUT2D eigenvalue weighted by atomic mass is 9.99. The molecule has 0 saturated heterocycles. The van der Waals surface area contributed by atoms with E-state index in [1.807, 2.05) is 69.1 Å². The van der Waals surface area contributed by atoms with E-state index < -0.39 is 0 Å². The highest BCUT2D eigenvalue weighted by atomic mass is 16.3. The van der Waals surface area contributed by atoms with Crippen LogP contribution in [0.4, 0.5) is 5.69 Å². The number of nitriles is 1. The fraction of sp³-hybridized carbons (Fsp3) is 0.273. The van der Waals surface area contributed by atoms with Crippen LogP contribution in [0.15, 0.2) is 54.8 Å². The molecule has 0 saturated carbocycles. The Balaban J connectivity index is 0.00000163. The van der Waals surface area contributed by atoms with Crippen molar-refractivity contribution < 1.29 is 9.90 Å². The van der Waals surface area contributed by atoms with E-state index in [4.69, 9.17) is 5.26 Å². The highest BCUT2D eigenvalue weighted by molar-refractivity contribution is 5.78. The topological polar surface area (TPSA) is 64.3 Å². The summed E-state index contributed by atoms with van der Waals surface area (Å²) < 4.78 is 0. The summed E-state index contributed by atoms with van der Waals surface area (Å²) in [5, 5.41) is 18.4. The molecule has 1 unspecified atom stereocenters. The highest BCUT2D eigenvalue weighted by Gasteiger charge is 2.10. The Morgan fingerprint density at radius 3 is 2.38 bits per heavy atom. The molecule has 26 heavy (non-hydrogen) atoms. The Hall–Kier alpha value is -3.06.